The van der Waals surface area contributed by atoms with Crippen molar-refractivity contribution in [1.29, 1.82) is 0 Å². The predicted octanol–water partition coefficient (Wildman–Crippen LogP) is 0.940. The number of halogens is 1. The number of anilines is 2. The molecule has 7 nitrogen and oxygen atoms in total. The summed E-state index contributed by atoms with van der Waals surface area (Å²) < 4.78 is 44.5. The van der Waals surface area contributed by atoms with E-state index in [1.165, 1.54) is 19.2 Å². The molecule has 1 aromatic carbocycles. The molecular weight excluding hydrogens is 275 g/mol. The summed E-state index contributed by atoms with van der Waals surface area (Å²) in [5, 5.41) is 5.79. The highest BCUT2D eigenvalue weighted by atomic mass is 32.2. The molecule has 0 bridgehead atoms. The number of H-pyrrole nitrogens is 1. The van der Waals surface area contributed by atoms with E-state index in [2.05, 4.69) is 14.9 Å². The van der Waals surface area contributed by atoms with Crippen molar-refractivity contribution in [1.82, 2.24) is 10.2 Å². The molecule has 0 spiro atoms. The average Bonchev–Trinajstić information content (AvgIpc) is 2.79. The third-order valence-corrected chi connectivity index (χ3v) is 3.73. The molecule has 0 aliphatic carbocycles. The first-order valence-electron chi connectivity index (χ1n) is 5.09. The lowest BCUT2D eigenvalue weighted by Gasteiger charge is -2.09. The normalized spacial score (nSPS) is 11.3. The molecule has 0 aliphatic heterocycles. The molecule has 0 unspecified atom stereocenters. The number of hydrogen-bond acceptors (Lipinski definition) is 5. The van der Waals surface area contributed by atoms with Crippen molar-refractivity contribution in [3.8, 4) is 5.75 Å². The number of nitrogens with zero attached hydrogens (tertiary/aromatic N) is 1. The highest BCUT2D eigenvalue weighted by Crippen LogP contribution is 2.25. The van der Waals surface area contributed by atoms with Crippen molar-refractivity contribution in [3.05, 3.63) is 30.2 Å². The van der Waals surface area contributed by atoms with E-state index in [0.29, 0.717) is 5.75 Å². The van der Waals surface area contributed by atoms with Crippen molar-refractivity contribution in [2.24, 2.45) is 0 Å². The van der Waals surface area contributed by atoms with Crippen LogP contribution in [0.5, 0.6) is 5.75 Å². The number of rotatable bonds is 4. The van der Waals surface area contributed by atoms with E-state index in [-0.39, 0.29) is 16.4 Å². The van der Waals surface area contributed by atoms with Gasteiger partial charge >= 0.3 is 0 Å². The van der Waals surface area contributed by atoms with Crippen LogP contribution in [-0.2, 0) is 10.0 Å². The largest absolute Gasteiger partial charge is 0.497 e. The molecule has 0 aliphatic rings. The van der Waals surface area contributed by atoms with Crippen LogP contribution in [0.2, 0.25) is 0 Å². The van der Waals surface area contributed by atoms with E-state index >= 15 is 0 Å². The van der Waals surface area contributed by atoms with Gasteiger partial charge in [0.25, 0.3) is 10.0 Å². The zero-order valence-electron chi connectivity index (χ0n) is 9.84. The molecule has 0 radical (unpaired) electrons. The SMILES string of the molecule is COc1ccc(F)c(NS(=O)(=O)c2cn[nH]c2N)c1. The van der Waals surface area contributed by atoms with Crippen LogP contribution in [0.1, 0.15) is 0 Å². The van der Waals surface area contributed by atoms with Gasteiger partial charge in [0.1, 0.15) is 22.3 Å². The number of nitrogens with two attached hydrogens (primary N) is 1. The summed E-state index contributed by atoms with van der Waals surface area (Å²) >= 11 is 0. The molecular formula is C10H11FN4O3S. The molecule has 4 N–H and O–H groups in total. The lowest BCUT2D eigenvalue weighted by Crippen LogP contribution is -2.15. The molecule has 0 amide bonds. The molecule has 0 atom stereocenters. The molecule has 0 saturated carbocycles. The number of hydrogen-bond donors (Lipinski definition) is 3. The van der Waals surface area contributed by atoms with Crippen molar-refractivity contribution < 1.29 is 17.5 Å². The Morgan fingerprint density at radius 1 is 1.47 bits per heavy atom. The van der Waals surface area contributed by atoms with Gasteiger partial charge in [0, 0.05) is 6.07 Å². The molecule has 2 rings (SSSR count). The molecule has 0 saturated heterocycles. The Hall–Kier alpha value is -2.29. The monoisotopic (exact) mass is 286 g/mol. The smallest absolute Gasteiger partial charge is 0.267 e. The van der Waals surface area contributed by atoms with Crippen LogP contribution in [0, 0.1) is 5.82 Å². The number of nitrogen functional groups attached to an aromatic ring is 1. The fourth-order valence-corrected chi connectivity index (χ4v) is 2.49. The van der Waals surface area contributed by atoms with Crippen molar-refractivity contribution in [2.45, 2.75) is 4.90 Å². The zero-order chi connectivity index (χ0) is 14.0. The minimum absolute atomic E-state index is 0.129. The summed E-state index contributed by atoms with van der Waals surface area (Å²) in [7, 11) is -2.62. The van der Waals surface area contributed by atoms with E-state index in [9.17, 15) is 12.8 Å². The third kappa shape index (κ3) is 2.60. The standard InChI is InChI=1S/C10H11FN4O3S/c1-18-6-2-3-7(11)8(4-6)15-19(16,17)9-5-13-14-10(9)12/h2-5,15H,1H3,(H3,12,13,14). The summed E-state index contributed by atoms with van der Waals surface area (Å²) in [4.78, 5) is -0.255. The van der Waals surface area contributed by atoms with Gasteiger partial charge in [-0.15, -0.1) is 0 Å². The first-order chi connectivity index (χ1) is 8.94. The Balaban J connectivity index is 2.38. The van der Waals surface area contributed by atoms with E-state index < -0.39 is 15.8 Å². The van der Waals surface area contributed by atoms with Gasteiger partial charge in [-0.3, -0.25) is 9.82 Å². The van der Waals surface area contributed by atoms with Gasteiger partial charge in [-0.25, -0.2) is 12.8 Å². The van der Waals surface area contributed by atoms with Gasteiger partial charge in [0.05, 0.1) is 19.0 Å². The Kier molecular flexibility index (Phi) is 3.30. The second-order valence-electron chi connectivity index (χ2n) is 3.60. The van der Waals surface area contributed by atoms with E-state index in [0.717, 1.165) is 12.3 Å². The highest BCUT2D eigenvalue weighted by molar-refractivity contribution is 7.92. The molecule has 2 aromatic rings. The number of methoxy groups -OCH3 is 1. The summed E-state index contributed by atoms with van der Waals surface area (Å²) in [6.07, 6.45) is 1.04. The van der Waals surface area contributed by atoms with Crippen LogP contribution in [0.25, 0.3) is 0 Å². The lowest BCUT2D eigenvalue weighted by atomic mass is 10.3. The Morgan fingerprint density at radius 2 is 2.21 bits per heavy atom. The topological polar surface area (TPSA) is 110 Å². The number of sulfonamides is 1. The Labute approximate surface area is 108 Å². The van der Waals surface area contributed by atoms with Gasteiger partial charge in [-0.1, -0.05) is 0 Å². The first-order valence-corrected chi connectivity index (χ1v) is 6.57. The van der Waals surface area contributed by atoms with Crippen LogP contribution < -0.4 is 15.2 Å². The van der Waals surface area contributed by atoms with Crippen molar-refractivity contribution >= 4 is 21.5 Å². The molecule has 0 fully saturated rings. The van der Waals surface area contributed by atoms with Gasteiger partial charge < -0.3 is 10.5 Å². The summed E-state index contributed by atoms with van der Waals surface area (Å²) in [6.45, 7) is 0. The van der Waals surface area contributed by atoms with Crippen molar-refractivity contribution in [2.75, 3.05) is 17.6 Å². The number of aromatic nitrogens is 2. The van der Waals surface area contributed by atoms with Gasteiger partial charge in [0.2, 0.25) is 0 Å². The van der Waals surface area contributed by atoms with E-state index in [1.807, 2.05) is 0 Å². The molecule has 102 valence electrons. The fraction of sp³-hybridized carbons (Fsp3) is 0.100. The van der Waals surface area contributed by atoms with Crippen LogP contribution in [0.4, 0.5) is 15.9 Å². The third-order valence-electron chi connectivity index (χ3n) is 2.34. The predicted molar refractivity (Wildman–Crippen MR) is 66.8 cm³/mol. The highest BCUT2D eigenvalue weighted by Gasteiger charge is 2.21. The molecule has 9 heteroatoms. The quantitative estimate of drug-likeness (QED) is 0.774. The van der Waals surface area contributed by atoms with E-state index in [4.69, 9.17) is 10.5 Å². The van der Waals surface area contributed by atoms with Crippen LogP contribution in [0.15, 0.2) is 29.3 Å². The maximum Gasteiger partial charge on any atom is 0.267 e. The Bertz CT molecular complexity index is 699. The van der Waals surface area contributed by atoms with Crippen LogP contribution in [-0.4, -0.2) is 25.7 Å². The average molecular weight is 286 g/mol. The molecule has 19 heavy (non-hydrogen) atoms. The maximum absolute atomic E-state index is 13.5. The Morgan fingerprint density at radius 3 is 2.79 bits per heavy atom. The summed E-state index contributed by atoms with van der Waals surface area (Å²) in [6, 6.07) is 3.69. The summed E-state index contributed by atoms with van der Waals surface area (Å²) in [5.41, 5.74) is 5.18. The van der Waals surface area contributed by atoms with Crippen LogP contribution in [0.3, 0.4) is 0 Å². The molecule has 1 heterocycles. The molecule has 1 aromatic heterocycles. The van der Waals surface area contributed by atoms with Crippen molar-refractivity contribution in [3.63, 3.8) is 0 Å². The van der Waals surface area contributed by atoms with E-state index in [1.54, 1.807) is 0 Å². The number of nitrogens with one attached hydrogen (secondary N) is 2. The van der Waals surface area contributed by atoms with Crippen LogP contribution >= 0.6 is 0 Å². The second kappa shape index (κ2) is 4.76. The number of ether oxygens (including phenoxy) is 1. The van der Waals surface area contributed by atoms with Gasteiger partial charge in [0.15, 0.2) is 0 Å². The minimum Gasteiger partial charge on any atom is -0.497 e. The number of benzene rings is 1. The minimum atomic E-state index is -4.01. The maximum atomic E-state index is 13.5. The lowest BCUT2D eigenvalue weighted by molar-refractivity contribution is 0.414. The number of aromatic amines is 1. The summed E-state index contributed by atoms with van der Waals surface area (Å²) in [5.74, 6) is -0.540. The fourth-order valence-electron chi connectivity index (χ4n) is 1.41. The first kappa shape index (κ1) is 13.1. The second-order valence-corrected chi connectivity index (χ2v) is 5.25. The zero-order valence-corrected chi connectivity index (χ0v) is 10.7. The van der Waals surface area contributed by atoms with Gasteiger partial charge in [-0.2, -0.15) is 5.10 Å². The van der Waals surface area contributed by atoms with Gasteiger partial charge in [-0.05, 0) is 12.1 Å².